The third-order valence-corrected chi connectivity index (χ3v) is 3.84. The quantitative estimate of drug-likeness (QED) is 0.596. The van der Waals surface area contributed by atoms with Crippen molar-refractivity contribution < 1.29 is 14.0 Å². The molecule has 0 unspecified atom stereocenters. The minimum Gasteiger partial charge on any atom is -0.326 e. The number of benzene rings is 2. The van der Waals surface area contributed by atoms with Crippen molar-refractivity contribution in [2.75, 3.05) is 16.0 Å². The second kappa shape index (κ2) is 8.45. The average Bonchev–Trinajstić information content (AvgIpc) is 2.66. The molecule has 1 aromatic heterocycles. The molecule has 3 aromatic rings. The lowest BCUT2D eigenvalue weighted by atomic mass is 10.2. The summed E-state index contributed by atoms with van der Waals surface area (Å²) in [6.07, 6.45) is 2.73. The maximum atomic E-state index is 13.2. The minimum atomic E-state index is -0.523. The Labute approximate surface area is 165 Å². The number of nitrogens with zero attached hydrogens (tertiary/aromatic N) is 2. The van der Waals surface area contributed by atoms with Crippen LogP contribution in [0.25, 0.3) is 0 Å². The number of halogens is 2. The van der Waals surface area contributed by atoms with Crippen LogP contribution in [-0.2, 0) is 4.79 Å². The number of nitrogens with one attached hydrogen (secondary N) is 3. The Bertz CT molecular complexity index is 1010. The van der Waals surface area contributed by atoms with Crippen LogP contribution in [0, 0.1) is 5.82 Å². The smallest absolute Gasteiger partial charge is 0.258 e. The zero-order chi connectivity index (χ0) is 20.1. The first-order chi connectivity index (χ1) is 13.4. The fourth-order valence-electron chi connectivity index (χ4n) is 2.26. The Morgan fingerprint density at radius 1 is 0.929 bits per heavy atom. The summed E-state index contributed by atoms with van der Waals surface area (Å²) in [4.78, 5) is 31.4. The van der Waals surface area contributed by atoms with Gasteiger partial charge in [-0.25, -0.2) is 14.4 Å². The number of carbonyl (C=O) groups excluding carboxylic acids is 2. The fourth-order valence-corrected chi connectivity index (χ4v) is 2.44. The zero-order valence-electron chi connectivity index (χ0n) is 14.7. The molecule has 3 rings (SSSR count). The number of carbonyl (C=O) groups is 2. The summed E-state index contributed by atoms with van der Waals surface area (Å²) in [5.41, 5.74) is 1.96. The lowest BCUT2D eigenvalue weighted by molar-refractivity contribution is -0.114. The molecule has 0 saturated carbocycles. The van der Waals surface area contributed by atoms with E-state index in [1.54, 1.807) is 24.3 Å². The van der Waals surface area contributed by atoms with Gasteiger partial charge in [0.25, 0.3) is 5.91 Å². The third-order valence-electron chi connectivity index (χ3n) is 3.55. The summed E-state index contributed by atoms with van der Waals surface area (Å²) in [5, 5.41) is 8.20. The summed E-state index contributed by atoms with van der Waals surface area (Å²) in [6.45, 7) is 1.42. The van der Waals surface area contributed by atoms with Crippen LogP contribution in [-0.4, -0.2) is 21.8 Å². The molecule has 1 heterocycles. The van der Waals surface area contributed by atoms with E-state index in [9.17, 15) is 14.0 Å². The van der Waals surface area contributed by atoms with Crippen molar-refractivity contribution in [3.05, 3.63) is 71.3 Å². The molecule has 0 atom stereocenters. The standard InChI is InChI=1S/C19H15ClFN5O2/c1-11(27)24-13-2-4-14(5-3-13)25-18(28)12-9-22-19(23-10-12)26-15-6-7-17(21)16(20)8-15/h2-10H,1H3,(H,24,27)(H,25,28)(H,22,23,26). The van der Waals surface area contributed by atoms with E-state index in [-0.39, 0.29) is 28.3 Å². The molecule has 0 radical (unpaired) electrons. The van der Waals surface area contributed by atoms with Gasteiger partial charge in [0.1, 0.15) is 5.82 Å². The van der Waals surface area contributed by atoms with Gasteiger partial charge in [0.15, 0.2) is 0 Å². The minimum absolute atomic E-state index is 0.0227. The predicted octanol–water partition coefficient (Wildman–Crippen LogP) is 4.22. The van der Waals surface area contributed by atoms with E-state index in [0.717, 1.165) is 0 Å². The van der Waals surface area contributed by atoms with E-state index in [0.29, 0.717) is 17.1 Å². The summed E-state index contributed by atoms with van der Waals surface area (Å²) in [7, 11) is 0. The monoisotopic (exact) mass is 399 g/mol. The Morgan fingerprint density at radius 2 is 1.50 bits per heavy atom. The first kappa shape index (κ1) is 19.2. The summed E-state index contributed by atoms with van der Waals surface area (Å²) in [6, 6.07) is 10.8. The highest BCUT2D eigenvalue weighted by molar-refractivity contribution is 6.31. The summed E-state index contributed by atoms with van der Waals surface area (Å²) < 4.78 is 13.2. The van der Waals surface area contributed by atoms with Crippen molar-refractivity contribution >= 4 is 46.4 Å². The molecule has 0 aliphatic heterocycles. The van der Waals surface area contributed by atoms with Gasteiger partial charge in [0.2, 0.25) is 11.9 Å². The van der Waals surface area contributed by atoms with Crippen LogP contribution in [0.3, 0.4) is 0 Å². The Balaban J connectivity index is 1.63. The van der Waals surface area contributed by atoms with Gasteiger partial charge in [-0.15, -0.1) is 0 Å². The molecule has 7 nitrogen and oxygen atoms in total. The maximum Gasteiger partial charge on any atom is 0.258 e. The normalized spacial score (nSPS) is 10.2. The molecule has 0 fully saturated rings. The molecule has 0 aliphatic rings. The number of aromatic nitrogens is 2. The predicted molar refractivity (Wildman–Crippen MR) is 105 cm³/mol. The molecular weight excluding hydrogens is 385 g/mol. The highest BCUT2D eigenvalue weighted by Gasteiger charge is 2.09. The number of hydrogen-bond donors (Lipinski definition) is 3. The van der Waals surface area contributed by atoms with E-state index in [4.69, 9.17) is 11.6 Å². The van der Waals surface area contributed by atoms with Crippen LogP contribution in [0.2, 0.25) is 5.02 Å². The molecule has 0 aliphatic carbocycles. The zero-order valence-corrected chi connectivity index (χ0v) is 15.4. The van der Waals surface area contributed by atoms with E-state index in [1.807, 2.05) is 0 Å². The van der Waals surface area contributed by atoms with Crippen LogP contribution in [0.1, 0.15) is 17.3 Å². The summed E-state index contributed by atoms with van der Waals surface area (Å²) >= 11 is 5.73. The van der Waals surface area contributed by atoms with Gasteiger partial charge in [0, 0.05) is 36.4 Å². The van der Waals surface area contributed by atoms with Gasteiger partial charge in [-0.2, -0.15) is 0 Å². The van der Waals surface area contributed by atoms with Crippen molar-refractivity contribution in [2.24, 2.45) is 0 Å². The lowest BCUT2D eigenvalue weighted by Crippen LogP contribution is -2.13. The van der Waals surface area contributed by atoms with Gasteiger partial charge in [0.05, 0.1) is 10.6 Å². The molecule has 28 heavy (non-hydrogen) atoms. The number of hydrogen-bond acceptors (Lipinski definition) is 5. The van der Waals surface area contributed by atoms with Gasteiger partial charge in [-0.3, -0.25) is 9.59 Å². The van der Waals surface area contributed by atoms with Gasteiger partial charge in [-0.1, -0.05) is 11.6 Å². The number of anilines is 4. The van der Waals surface area contributed by atoms with Crippen molar-refractivity contribution in [3.63, 3.8) is 0 Å². The molecule has 2 amide bonds. The Hall–Kier alpha value is -3.52. The van der Waals surface area contributed by atoms with Crippen LogP contribution >= 0.6 is 11.6 Å². The Kier molecular flexibility index (Phi) is 5.81. The van der Waals surface area contributed by atoms with Crippen LogP contribution in [0.5, 0.6) is 0 Å². The molecule has 0 bridgehead atoms. The molecule has 3 N–H and O–H groups in total. The van der Waals surface area contributed by atoms with Gasteiger partial charge < -0.3 is 16.0 Å². The highest BCUT2D eigenvalue weighted by atomic mass is 35.5. The van der Waals surface area contributed by atoms with Crippen molar-refractivity contribution in [1.82, 2.24) is 9.97 Å². The lowest BCUT2D eigenvalue weighted by Gasteiger charge is -2.08. The molecule has 0 saturated heterocycles. The second-order valence-electron chi connectivity index (χ2n) is 5.76. The topological polar surface area (TPSA) is 96.0 Å². The van der Waals surface area contributed by atoms with Gasteiger partial charge >= 0.3 is 0 Å². The van der Waals surface area contributed by atoms with Crippen molar-refractivity contribution in [2.45, 2.75) is 6.92 Å². The van der Waals surface area contributed by atoms with Crippen molar-refractivity contribution in [1.29, 1.82) is 0 Å². The van der Waals surface area contributed by atoms with Crippen LogP contribution in [0.15, 0.2) is 54.9 Å². The highest BCUT2D eigenvalue weighted by Crippen LogP contribution is 2.21. The largest absolute Gasteiger partial charge is 0.326 e. The molecule has 142 valence electrons. The molecule has 9 heteroatoms. The van der Waals surface area contributed by atoms with E-state index < -0.39 is 5.82 Å². The van der Waals surface area contributed by atoms with Crippen LogP contribution in [0.4, 0.5) is 27.4 Å². The Morgan fingerprint density at radius 3 is 2.07 bits per heavy atom. The second-order valence-corrected chi connectivity index (χ2v) is 6.17. The van der Waals surface area contributed by atoms with E-state index >= 15 is 0 Å². The maximum absolute atomic E-state index is 13.2. The van der Waals surface area contributed by atoms with E-state index in [1.165, 1.54) is 37.5 Å². The van der Waals surface area contributed by atoms with Crippen molar-refractivity contribution in [3.8, 4) is 0 Å². The molecule has 2 aromatic carbocycles. The third kappa shape index (κ3) is 5.01. The average molecular weight is 400 g/mol. The van der Waals surface area contributed by atoms with Crippen LogP contribution < -0.4 is 16.0 Å². The van der Waals surface area contributed by atoms with E-state index in [2.05, 4.69) is 25.9 Å². The summed E-state index contributed by atoms with van der Waals surface area (Å²) in [5.74, 6) is -0.849. The molecule has 0 spiro atoms. The SMILES string of the molecule is CC(=O)Nc1ccc(NC(=O)c2cnc(Nc3ccc(F)c(Cl)c3)nc2)cc1. The molecular formula is C19H15ClFN5O2. The van der Waals surface area contributed by atoms with Gasteiger partial charge in [-0.05, 0) is 42.5 Å². The first-order valence-electron chi connectivity index (χ1n) is 8.14. The number of rotatable bonds is 5. The first-order valence-corrected chi connectivity index (χ1v) is 8.51. The fraction of sp³-hybridized carbons (Fsp3) is 0.0526. The number of amides is 2.